The average Bonchev–Trinajstić information content (AvgIpc) is 3.25. The molecule has 2 aliphatic heterocycles. The molecule has 12 heteroatoms. The van der Waals surface area contributed by atoms with Gasteiger partial charge in [0.15, 0.2) is 17.1 Å². The van der Waals surface area contributed by atoms with Crippen LogP contribution in [-0.4, -0.2) is 64.4 Å². The van der Waals surface area contributed by atoms with Crippen molar-refractivity contribution >= 4 is 34.3 Å². The number of likely N-dealkylation sites (N-methyl/N-ethyl adjacent to an activating group) is 1. The van der Waals surface area contributed by atoms with Crippen LogP contribution in [0.5, 0.6) is 11.5 Å². The lowest BCUT2D eigenvalue weighted by molar-refractivity contribution is 0.0684. The second kappa shape index (κ2) is 10.3. The Morgan fingerprint density at radius 1 is 1.24 bits per heavy atom. The number of methoxy groups -OCH3 is 1. The zero-order valence-corrected chi connectivity index (χ0v) is 22.2. The van der Waals surface area contributed by atoms with E-state index >= 15 is 0 Å². The van der Waals surface area contributed by atoms with E-state index in [4.69, 9.17) is 21.1 Å². The van der Waals surface area contributed by atoms with Gasteiger partial charge in [-0.25, -0.2) is 9.07 Å². The first-order valence-corrected chi connectivity index (χ1v) is 13.1. The highest BCUT2D eigenvalue weighted by atomic mass is 35.5. The molecule has 10 nitrogen and oxygen atoms in total. The van der Waals surface area contributed by atoms with E-state index in [1.807, 2.05) is 13.8 Å². The lowest BCUT2D eigenvalue weighted by Crippen LogP contribution is -2.42. The molecule has 0 aliphatic carbocycles. The fraction of sp³-hybridized carbons (Fsp3) is 0.462. The molecule has 1 unspecified atom stereocenters. The summed E-state index contributed by atoms with van der Waals surface area (Å²) in [6.45, 7) is 5.28. The number of carbonyl (C=O) groups is 2. The molecule has 0 spiro atoms. The van der Waals surface area contributed by atoms with E-state index in [0.717, 1.165) is 11.1 Å². The van der Waals surface area contributed by atoms with Gasteiger partial charge >= 0.3 is 0 Å². The Bertz CT molecular complexity index is 1500. The van der Waals surface area contributed by atoms with Crippen molar-refractivity contribution in [1.82, 2.24) is 24.6 Å². The Hall–Kier alpha value is -3.60. The molecule has 0 fully saturated rings. The van der Waals surface area contributed by atoms with Crippen molar-refractivity contribution in [1.29, 1.82) is 0 Å². The molecule has 1 N–H and O–H groups in total. The molecule has 3 aromatic rings. The number of rotatable bonds is 2. The topological polar surface area (TPSA) is 108 Å². The van der Waals surface area contributed by atoms with Gasteiger partial charge in [-0.2, -0.15) is 5.10 Å². The lowest BCUT2D eigenvalue weighted by atomic mass is 10.1. The number of nitrogens with zero attached hydrogens (tertiary/aromatic N) is 4. The van der Waals surface area contributed by atoms with Gasteiger partial charge in [0.05, 0.1) is 30.8 Å². The molecule has 1 aromatic carbocycles. The van der Waals surface area contributed by atoms with Gasteiger partial charge in [-0.3, -0.25) is 14.4 Å². The van der Waals surface area contributed by atoms with E-state index < -0.39 is 17.3 Å². The fourth-order valence-electron chi connectivity index (χ4n) is 5.21. The first kappa shape index (κ1) is 26.0. The first-order chi connectivity index (χ1) is 18.3. The standard InChI is InChI=1S/C26H29ClFN5O5/c1-4-31-12-14(2)33-21-19(23(37-3)22(33)26(31)36)25(35)32-13-15-10-16(27)17(28)11-18(15)38-9-7-5-6-8-29-24(34)20(21)30-32/h10-11,14H,4-9,12-13H2,1-3H3,(H,29,34). The number of carbonyl (C=O) groups excluding carboxylic acids is 2. The average molecular weight is 546 g/mol. The third-order valence-electron chi connectivity index (χ3n) is 7.06. The number of aromatic nitrogens is 3. The third-order valence-corrected chi connectivity index (χ3v) is 7.35. The molecule has 0 saturated carbocycles. The number of halogens is 2. The lowest BCUT2D eigenvalue weighted by Gasteiger charge is -2.32. The summed E-state index contributed by atoms with van der Waals surface area (Å²) < 4.78 is 28.6. The minimum atomic E-state index is -0.642. The van der Waals surface area contributed by atoms with Gasteiger partial charge in [-0.05, 0) is 39.2 Å². The Balaban J connectivity index is 1.81. The van der Waals surface area contributed by atoms with Crippen molar-refractivity contribution < 1.29 is 23.5 Å². The van der Waals surface area contributed by atoms with Crippen molar-refractivity contribution in [2.24, 2.45) is 0 Å². The molecule has 0 saturated heterocycles. The highest BCUT2D eigenvalue weighted by Gasteiger charge is 2.38. The summed E-state index contributed by atoms with van der Waals surface area (Å²) in [5.74, 6) is -1.05. The van der Waals surface area contributed by atoms with Crippen LogP contribution in [0.2, 0.25) is 5.02 Å². The summed E-state index contributed by atoms with van der Waals surface area (Å²) in [7, 11) is 1.39. The Kier molecular flexibility index (Phi) is 7.04. The minimum absolute atomic E-state index is 0.00137. The largest absolute Gasteiger partial charge is 0.493 e. The highest BCUT2D eigenvalue weighted by molar-refractivity contribution is 6.30. The van der Waals surface area contributed by atoms with E-state index in [1.54, 1.807) is 9.47 Å². The summed E-state index contributed by atoms with van der Waals surface area (Å²) in [6, 6.07) is 2.35. The van der Waals surface area contributed by atoms with Crippen molar-refractivity contribution in [2.75, 3.05) is 33.4 Å². The zero-order chi connectivity index (χ0) is 27.1. The van der Waals surface area contributed by atoms with Crippen LogP contribution in [0.3, 0.4) is 0 Å². The first-order valence-electron chi connectivity index (χ1n) is 12.7. The number of hydrogen-bond donors (Lipinski definition) is 1. The predicted octanol–water partition coefficient (Wildman–Crippen LogP) is 3.38. The maximum Gasteiger partial charge on any atom is 0.280 e. The SMILES string of the molecule is CCN1CC(C)n2c(c(OC)c3c(=O)n4nc(c32)C(=O)NCCCCCOc2cc(F)c(Cl)cc2C4)C1=O. The molecular weight excluding hydrogens is 517 g/mol. The molecule has 5 rings (SSSR count). The predicted molar refractivity (Wildman–Crippen MR) is 139 cm³/mol. The van der Waals surface area contributed by atoms with Crippen LogP contribution in [-0.2, 0) is 6.54 Å². The molecule has 2 bridgehead atoms. The van der Waals surface area contributed by atoms with Crippen molar-refractivity contribution in [3.8, 4) is 11.5 Å². The molecular formula is C26H29ClFN5O5. The van der Waals surface area contributed by atoms with Crippen LogP contribution < -0.4 is 20.3 Å². The maximum absolute atomic E-state index is 14.3. The Labute approximate surface area is 223 Å². The van der Waals surface area contributed by atoms with Gasteiger partial charge in [-0.1, -0.05) is 11.6 Å². The molecule has 38 heavy (non-hydrogen) atoms. The molecule has 2 aliphatic rings. The molecule has 202 valence electrons. The number of benzene rings is 1. The second-order valence-corrected chi connectivity index (χ2v) is 9.93. The molecule has 2 amide bonds. The second-order valence-electron chi connectivity index (χ2n) is 9.52. The van der Waals surface area contributed by atoms with Gasteiger partial charge in [0.25, 0.3) is 17.4 Å². The quantitative estimate of drug-likeness (QED) is 0.529. The van der Waals surface area contributed by atoms with Crippen molar-refractivity contribution in [3.05, 3.63) is 50.3 Å². The van der Waals surface area contributed by atoms with Gasteiger partial charge < -0.3 is 24.3 Å². The number of ether oxygens (including phenoxy) is 2. The van der Waals surface area contributed by atoms with Crippen LogP contribution in [0.1, 0.15) is 65.7 Å². The number of nitrogens with one attached hydrogen (secondary N) is 1. The zero-order valence-electron chi connectivity index (χ0n) is 21.5. The Morgan fingerprint density at radius 3 is 2.76 bits per heavy atom. The maximum atomic E-state index is 14.3. The number of amides is 2. The molecule has 0 radical (unpaired) electrons. The van der Waals surface area contributed by atoms with E-state index in [1.165, 1.54) is 19.2 Å². The van der Waals surface area contributed by atoms with Gasteiger partial charge in [0.1, 0.15) is 17.0 Å². The number of hydrogen-bond acceptors (Lipinski definition) is 6. The van der Waals surface area contributed by atoms with Gasteiger partial charge in [-0.15, -0.1) is 0 Å². The minimum Gasteiger partial charge on any atom is -0.493 e. The number of fused-ring (bicyclic) bond motifs is 7. The summed E-state index contributed by atoms with van der Waals surface area (Å²) in [6.07, 6.45) is 2.17. The molecule has 1 atom stereocenters. The smallest absolute Gasteiger partial charge is 0.280 e. The molecule has 4 heterocycles. The van der Waals surface area contributed by atoms with Crippen LogP contribution >= 0.6 is 11.6 Å². The van der Waals surface area contributed by atoms with Gasteiger partial charge in [0, 0.05) is 37.3 Å². The molecule has 2 aromatic heterocycles. The van der Waals surface area contributed by atoms with Crippen molar-refractivity contribution in [2.45, 2.75) is 45.7 Å². The summed E-state index contributed by atoms with van der Waals surface area (Å²) >= 11 is 6.07. The van der Waals surface area contributed by atoms with Crippen molar-refractivity contribution in [3.63, 3.8) is 0 Å². The Morgan fingerprint density at radius 2 is 2.03 bits per heavy atom. The fourth-order valence-corrected chi connectivity index (χ4v) is 5.39. The van der Waals surface area contributed by atoms with E-state index in [-0.39, 0.29) is 57.3 Å². The van der Waals surface area contributed by atoms with Gasteiger partial charge in [0.2, 0.25) is 0 Å². The van der Waals surface area contributed by atoms with Crippen LogP contribution in [0.25, 0.3) is 10.9 Å². The van der Waals surface area contributed by atoms with Crippen LogP contribution in [0.15, 0.2) is 16.9 Å². The van der Waals surface area contributed by atoms with Crippen LogP contribution in [0, 0.1) is 5.82 Å². The van der Waals surface area contributed by atoms with E-state index in [9.17, 15) is 18.8 Å². The summed E-state index contributed by atoms with van der Waals surface area (Å²) in [5.41, 5.74) is 0.338. The highest BCUT2D eigenvalue weighted by Crippen LogP contribution is 2.38. The third kappa shape index (κ3) is 4.28. The normalized spacial score (nSPS) is 18.3. The van der Waals surface area contributed by atoms with E-state index in [2.05, 4.69) is 10.4 Å². The monoisotopic (exact) mass is 545 g/mol. The summed E-state index contributed by atoms with van der Waals surface area (Å²) in [5, 5.41) is 7.33. The van der Waals surface area contributed by atoms with Crippen LogP contribution in [0.4, 0.5) is 4.39 Å². The van der Waals surface area contributed by atoms with E-state index in [0.29, 0.717) is 44.6 Å². The summed E-state index contributed by atoms with van der Waals surface area (Å²) in [4.78, 5) is 42.5.